The van der Waals surface area contributed by atoms with E-state index < -0.39 is 12.1 Å². The molecule has 0 atom stereocenters. The van der Waals surface area contributed by atoms with E-state index >= 15 is 0 Å². The number of rotatable bonds is 16. The maximum absolute atomic E-state index is 11.3. The van der Waals surface area contributed by atoms with E-state index in [9.17, 15) is 14.7 Å². The summed E-state index contributed by atoms with van der Waals surface area (Å²) in [6, 6.07) is 8.06. The zero-order chi connectivity index (χ0) is 26.0. The van der Waals surface area contributed by atoms with Crippen molar-refractivity contribution in [1.82, 2.24) is 0 Å². The molecule has 0 radical (unpaired) electrons. The molecule has 35 heavy (non-hydrogen) atoms. The molecule has 0 saturated heterocycles. The molecule has 0 saturated carbocycles. The van der Waals surface area contributed by atoms with E-state index in [-0.39, 0.29) is 60.4 Å². The van der Waals surface area contributed by atoms with Gasteiger partial charge in [0.25, 0.3) is 0 Å². The number of carbonyl (C=O) groups is 2. The van der Waals surface area contributed by atoms with Gasteiger partial charge >= 0.3 is 35.5 Å². The fourth-order valence-electron chi connectivity index (χ4n) is 2.89. The number of carbonyl (C=O) groups excluding carboxylic acids is 2. The number of hydrogen-bond donors (Lipinski definition) is 3. The molecule has 0 bridgehead atoms. The zero-order valence-corrected chi connectivity index (χ0v) is 24.4. The van der Waals surface area contributed by atoms with Gasteiger partial charge in [0.05, 0.1) is 25.3 Å². The second-order valence-corrected chi connectivity index (χ2v) is 8.50. The maximum Gasteiger partial charge on any atom is 1.00 e. The Kier molecular flexibility index (Phi) is 32.3. The van der Waals surface area contributed by atoms with Crippen LogP contribution in [0.2, 0.25) is 0 Å². The van der Waals surface area contributed by atoms with Gasteiger partial charge in [-0.3, -0.25) is 4.79 Å². The van der Waals surface area contributed by atoms with E-state index in [1.807, 2.05) is 13.8 Å². The Morgan fingerprint density at radius 3 is 1.57 bits per heavy atom. The van der Waals surface area contributed by atoms with Crippen molar-refractivity contribution in [2.24, 2.45) is 0 Å². The Morgan fingerprint density at radius 2 is 1.26 bits per heavy atom. The summed E-state index contributed by atoms with van der Waals surface area (Å²) in [6.45, 7) is 5.33. The van der Waals surface area contributed by atoms with Gasteiger partial charge in [-0.15, -0.1) is 0 Å². The summed E-state index contributed by atoms with van der Waals surface area (Å²) in [6.07, 6.45) is 14.1. The van der Waals surface area contributed by atoms with E-state index in [0.717, 1.165) is 6.42 Å². The van der Waals surface area contributed by atoms with Gasteiger partial charge in [0.1, 0.15) is 6.10 Å². The van der Waals surface area contributed by atoms with Gasteiger partial charge in [-0.25, -0.2) is 0 Å². The van der Waals surface area contributed by atoms with Crippen LogP contribution in [-0.2, 0) is 9.53 Å². The molecular weight excluding hydrogens is 459 g/mol. The summed E-state index contributed by atoms with van der Waals surface area (Å²) in [7, 11) is 0. The van der Waals surface area contributed by atoms with Crippen molar-refractivity contribution in [3.05, 3.63) is 35.9 Å². The average Bonchev–Trinajstić information content (AvgIpc) is 2.83. The van der Waals surface area contributed by atoms with Crippen molar-refractivity contribution in [3.8, 4) is 0 Å². The number of aromatic carboxylic acids is 1. The molecule has 1 aromatic carbocycles. The van der Waals surface area contributed by atoms with Crippen molar-refractivity contribution >= 4 is 11.9 Å². The summed E-state index contributed by atoms with van der Waals surface area (Å²) in [5.74, 6) is -1.17. The minimum absolute atomic E-state index is 0. The number of aliphatic hydroxyl groups excluding tert-OH is 3. The Labute approximate surface area is 234 Å². The van der Waals surface area contributed by atoms with E-state index in [1.165, 1.54) is 76.3 Å². The molecule has 0 fully saturated rings. The first-order valence-electron chi connectivity index (χ1n) is 12.6. The van der Waals surface area contributed by atoms with Crippen molar-refractivity contribution in [2.45, 2.75) is 110 Å². The van der Waals surface area contributed by atoms with Crippen molar-refractivity contribution in [3.63, 3.8) is 0 Å². The number of benzene rings is 1. The number of hydrogen-bond acceptors (Lipinski definition) is 7. The van der Waals surface area contributed by atoms with Crippen LogP contribution >= 0.6 is 0 Å². The van der Waals surface area contributed by atoms with Crippen LogP contribution in [0.5, 0.6) is 0 Å². The van der Waals surface area contributed by atoms with Crippen LogP contribution < -0.4 is 34.7 Å². The van der Waals surface area contributed by atoms with Crippen molar-refractivity contribution in [2.75, 3.05) is 13.2 Å². The molecule has 0 aliphatic heterocycles. The van der Waals surface area contributed by atoms with Gasteiger partial charge in [-0.2, -0.15) is 0 Å². The first-order chi connectivity index (χ1) is 16.3. The fourth-order valence-corrected chi connectivity index (χ4v) is 2.89. The van der Waals surface area contributed by atoms with Crippen LogP contribution in [0.25, 0.3) is 0 Å². The topological polar surface area (TPSA) is 127 Å². The normalized spacial score (nSPS) is 9.94. The standard InChI is InChI=1S/C17H34O2.C7H6O2.C3H8O3.Na/c1-4-5-6-7-8-9-10-11-12-13-14-15-17(18)19-16(2)3;8-7(9)6-4-2-1-3-5-6;4-1-3(6)2-5;/h16H,4-15H2,1-3H3;1-5H,(H,8,9);3-6H,1-2H2;/q;;;+1/p-1. The van der Waals surface area contributed by atoms with E-state index in [1.54, 1.807) is 18.2 Å². The smallest absolute Gasteiger partial charge is 0.545 e. The Hall–Kier alpha value is -0.960. The monoisotopic (exact) mass is 506 g/mol. The molecule has 1 aromatic rings. The first kappa shape index (κ1) is 38.6. The van der Waals surface area contributed by atoms with Gasteiger partial charge in [-0.05, 0) is 25.8 Å². The molecule has 0 spiro atoms. The van der Waals surface area contributed by atoms with E-state index in [4.69, 9.17) is 20.1 Å². The SMILES string of the molecule is CCCCCCCCCCCCCC(=O)OC(C)C.O=C([O-])c1ccccc1.OCC(O)CO.[Na+]. The van der Waals surface area contributed by atoms with Crippen LogP contribution in [-0.4, -0.2) is 52.7 Å². The number of ether oxygens (including phenoxy) is 1. The van der Waals surface area contributed by atoms with Gasteiger partial charge < -0.3 is 30.0 Å². The van der Waals surface area contributed by atoms with E-state index in [2.05, 4.69) is 6.92 Å². The molecule has 0 aliphatic carbocycles. The third kappa shape index (κ3) is 31.0. The number of esters is 1. The molecule has 0 unspecified atom stereocenters. The molecular formula is C27H47NaO7. The largest absolute Gasteiger partial charge is 1.00 e. The molecule has 0 amide bonds. The predicted octanol–water partition coefficient (Wildman–Crippen LogP) is 1.03. The number of aliphatic hydroxyl groups is 3. The Morgan fingerprint density at radius 1 is 0.829 bits per heavy atom. The summed E-state index contributed by atoms with van der Waals surface area (Å²) in [5, 5.41) is 34.1. The maximum atomic E-state index is 11.3. The molecule has 0 aliphatic rings. The molecule has 7 nitrogen and oxygen atoms in total. The first-order valence-corrected chi connectivity index (χ1v) is 12.6. The van der Waals surface area contributed by atoms with Gasteiger partial charge in [0.15, 0.2) is 0 Å². The third-order valence-electron chi connectivity index (χ3n) is 4.78. The quantitative estimate of drug-likeness (QED) is 0.174. The zero-order valence-electron chi connectivity index (χ0n) is 22.4. The summed E-state index contributed by atoms with van der Waals surface area (Å²) in [5.41, 5.74) is 0.220. The van der Waals surface area contributed by atoms with Crippen LogP contribution in [0.15, 0.2) is 30.3 Å². The number of unbranched alkanes of at least 4 members (excludes halogenated alkanes) is 10. The Balaban J connectivity index is -0.000000526. The summed E-state index contributed by atoms with van der Waals surface area (Å²) in [4.78, 5) is 21.4. The average molecular weight is 507 g/mol. The van der Waals surface area contributed by atoms with Gasteiger partial charge in [0.2, 0.25) is 0 Å². The van der Waals surface area contributed by atoms with E-state index in [0.29, 0.717) is 6.42 Å². The molecule has 0 heterocycles. The Bertz CT molecular complexity index is 578. The van der Waals surface area contributed by atoms with Crippen molar-refractivity contribution < 1.29 is 64.3 Å². The van der Waals surface area contributed by atoms with Crippen LogP contribution in [0.3, 0.4) is 0 Å². The molecule has 0 aromatic heterocycles. The number of carboxylic acids is 1. The number of carboxylic acid groups (broad SMARTS) is 1. The predicted molar refractivity (Wildman–Crippen MR) is 133 cm³/mol. The second-order valence-electron chi connectivity index (χ2n) is 8.50. The third-order valence-corrected chi connectivity index (χ3v) is 4.78. The second kappa shape index (κ2) is 29.3. The van der Waals surface area contributed by atoms with Crippen LogP contribution in [0.4, 0.5) is 0 Å². The summed E-state index contributed by atoms with van der Waals surface area (Å²) < 4.78 is 5.10. The summed E-state index contributed by atoms with van der Waals surface area (Å²) >= 11 is 0. The van der Waals surface area contributed by atoms with Crippen LogP contribution in [0, 0.1) is 0 Å². The molecule has 1 rings (SSSR count). The molecule has 198 valence electrons. The van der Waals surface area contributed by atoms with Gasteiger partial charge in [-0.1, -0.05) is 101 Å². The van der Waals surface area contributed by atoms with Crippen LogP contribution in [0.1, 0.15) is 108 Å². The minimum atomic E-state index is -1.13. The fraction of sp³-hybridized carbons (Fsp3) is 0.704. The molecule has 8 heteroatoms. The molecule has 3 N–H and O–H groups in total. The minimum Gasteiger partial charge on any atom is -0.545 e. The van der Waals surface area contributed by atoms with Crippen molar-refractivity contribution in [1.29, 1.82) is 0 Å². The van der Waals surface area contributed by atoms with Gasteiger partial charge in [0, 0.05) is 6.42 Å².